The molecule has 7 heteroatoms. The number of hydrogen-bond donors (Lipinski definition) is 1. The molecule has 1 N–H and O–H groups in total. The SMILES string of the molecule is N#C/C(=C\c1ccc(OCc2ccc(Cl)cc2Cl)cc1)C(=O)Nc1cccc(Cl)c1. The Balaban J connectivity index is 1.65. The van der Waals surface area contributed by atoms with Crippen LogP contribution in [0.2, 0.25) is 15.1 Å². The number of ether oxygens (including phenoxy) is 1. The van der Waals surface area contributed by atoms with Crippen molar-refractivity contribution in [3.05, 3.63) is 98.5 Å². The number of amides is 1. The zero-order valence-corrected chi connectivity index (χ0v) is 17.8. The number of nitriles is 1. The summed E-state index contributed by atoms with van der Waals surface area (Å²) in [5, 5.41) is 13.6. The highest BCUT2D eigenvalue weighted by atomic mass is 35.5. The Bertz CT molecular complexity index is 1140. The van der Waals surface area contributed by atoms with Gasteiger partial charge in [-0.05, 0) is 54.1 Å². The Morgan fingerprint density at radius 1 is 1.00 bits per heavy atom. The van der Waals surface area contributed by atoms with Crippen LogP contribution in [0.4, 0.5) is 5.69 Å². The summed E-state index contributed by atoms with van der Waals surface area (Å²) >= 11 is 17.9. The molecule has 0 aliphatic carbocycles. The van der Waals surface area contributed by atoms with Crippen molar-refractivity contribution in [2.45, 2.75) is 6.61 Å². The molecule has 0 saturated heterocycles. The lowest BCUT2D eigenvalue weighted by Crippen LogP contribution is -2.13. The van der Waals surface area contributed by atoms with Gasteiger partial charge in [0.2, 0.25) is 0 Å². The van der Waals surface area contributed by atoms with Gasteiger partial charge in [0.05, 0.1) is 0 Å². The fourth-order valence-corrected chi connectivity index (χ4v) is 3.19. The number of nitrogens with one attached hydrogen (secondary N) is 1. The second kappa shape index (κ2) is 10.2. The van der Waals surface area contributed by atoms with Gasteiger partial charge in [-0.3, -0.25) is 4.79 Å². The first-order valence-corrected chi connectivity index (χ1v) is 9.93. The predicted octanol–water partition coefficient (Wildman–Crippen LogP) is 6.77. The number of carbonyl (C=O) groups excluding carboxylic acids is 1. The third-order valence-corrected chi connectivity index (χ3v) is 4.87. The van der Waals surface area contributed by atoms with Crippen LogP contribution in [0, 0.1) is 11.3 Å². The standard InChI is InChI=1S/C23H15Cl3N2O2/c24-18-2-1-3-20(11-18)28-23(29)17(13-27)10-15-4-8-21(9-5-15)30-14-16-6-7-19(25)12-22(16)26/h1-12H,14H2,(H,28,29)/b17-10+. The summed E-state index contributed by atoms with van der Waals surface area (Å²) in [7, 11) is 0. The molecule has 0 atom stereocenters. The highest BCUT2D eigenvalue weighted by molar-refractivity contribution is 6.35. The first-order valence-electron chi connectivity index (χ1n) is 8.80. The van der Waals surface area contributed by atoms with Gasteiger partial charge >= 0.3 is 0 Å². The highest BCUT2D eigenvalue weighted by Crippen LogP contribution is 2.23. The van der Waals surface area contributed by atoms with Crippen LogP contribution in [-0.2, 0) is 11.4 Å². The number of hydrogen-bond acceptors (Lipinski definition) is 3. The van der Waals surface area contributed by atoms with Gasteiger partial charge in [-0.15, -0.1) is 0 Å². The fourth-order valence-electron chi connectivity index (χ4n) is 2.54. The van der Waals surface area contributed by atoms with E-state index in [9.17, 15) is 10.1 Å². The Morgan fingerprint density at radius 3 is 2.40 bits per heavy atom. The van der Waals surface area contributed by atoms with Crippen molar-refractivity contribution < 1.29 is 9.53 Å². The molecular formula is C23H15Cl3N2O2. The van der Waals surface area contributed by atoms with Gasteiger partial charge in [-0.2, -0.15) is 5.26 Å². The molecule has 3 rings (SSSR count). The first-order chi connectivity index (χ1) is 14.4. The molecule has 0 bridgehead atoms. The van der Waals surface area contributed by atoms with Crippen LogP contribution in [0.1, 0.15) is 11.1 Å². The van der Waals surface area contributed by atoms with Crippen LogP contribution in [-0.4, -0.2) is 5.91 Å². The van der Waals surface area contributed by atoms with Crippen molar-refractivity contribution in [1.82, 2.24) is 0 Å². The van der Waals surface area contributed by atoms with Crippen LogP contribution in [0.25, 0.3) is 6.08 Å². The Kier molecular flexibility index (Phi) is 7.37. The average Bonchev–Trinajstić information content (AvgIpc) is 2.72. The molecule has 0 aliphatic heterocycles. The third-order valence-electron chi connectivity index (χ3n) is 4.05. The van der Waals surface area contributed by atoms with E-state index in [1.807, 2.05) is 6.07 Å². The van der Waals surface area contributed by atoms with Gasteiger partial charge in [-0.1, -0.05) is 59.1 Å². The maximum absolute atomic E-state index is 12.3. The Morgan fingerprint density at radius 2 is 1.73 bits per heavy atom. The van der Waals surface area contributed by atoms with Gasteiger partial charge in [0, 0.05) is 26.3 Å². The molecule has 4 nitrogen and oxygen atoms in total. The lowest BCUT2D eigenvalue weighted by Gasteiger charge is -2.08. The van der Waals surface area contributed by atoms with Crippen molar-refractivity contribution in [3.63, 3.8) is 0 Å². The highest BCUT2D eigenvalue weighted by Gasteiger charge is 2.10. The average molecular weight is 458 g/mol. The monoisotopic (exact) mass is 456 g/mol. The van der Waals surface area contributed by atoms with E-state index in [0.717, 1.165) is 5.56 Å². The van der Waals surface area contributed by atoms with E-state index in [2.05, 4.69) is 5.32 Å². The Labute approximate surface area is 189 Å². The van der Waals surface area contributed by atoms with Crippen molar-refractivity contribution in [2.75, 3.05) is 5.32 Å². The minimum atomic E-state index is -0.516. The van der Waals surface area contributed by atoms with E-state index in [1.54, 1.807) is 66.7 Å². The van der Waals surface area contributed by atoms with Gasteiger partial charge in [0.15, 0.2) is 0 Å². The number of halogens is 3. The molecule has 0 aliphatic rings. The molecule has 3 aromatic rings. The van der Waals surface area contributed by atoms with Crippen molar-refractivity contribution in [3.8, 4) is 11.8 Å². The van der Waals surface area contributed by atoms with E-state index in [4.69, 9.17) is 39.5 Å². The third kappa shape index (κ3) is 6.01. The van der Waals surface area contributed by atoms with Gasteiger partial charge in [-0.25, -0.2) is 0 Å². The second-order valence-electron chi connectivity index (χ2n) is 6.23. The fraction of sp³-hybridized carbons (Fsp3) is 0.0435. The number of benzene rings is 3. The smallest absolute Gasteiger partial charge is 0.266 e. The molecule has 150 valence electrons. The van der Waals surface area contributed by atoms with E-state index in [0.29, 0.717) is 32.1 Å². The molecule has 0 radical (unpaired) electrons. The van der Waals surface area contributed by atoms with E-state index in [1.165, 1.54) is 6.08 Å². The lowest BCUT2D eigenvalue weighted by atomic mass is 10.1. The number of anilines is 1. The molecule has 0 aromatic heterocycles. The maximum atomic E-state index is 12.3. The molecule has 1 amide bonds. The summed E-state index contributed by atoms with van der Waals surface area (Å²) in [5.74, 6) is 0.109. The molecule has 0 saturated carbocycles. The van der Waals surface area contributed by atoms with Gasteiger partial charge in [0.25, 0.3) is 5.91 Å². The van der Waals surface area contributed by atoms with Crippen LogP contribution in [0.3, 0.4) is 0 Å². The summed E-state index contributed by atoms with van der Waals surface area (Å²) in [5.41, 5.74) is 1.98. The van der Waals surface area contributed by atoms with E-state index in [-0.39, 0.29) is 12.2 Å². The van der Waals surface area contributed by atoms with Crippen LogP contribution in [0.5, 0.6) is 5.75 Å². The van der Waals surface area contributed by atoms with Crippen molar-refractivity contribution in [1.29, 1.82) is 5.26 Å². The summed E-state index contributed by atoms with van der Waals surface area (Å²) in [4.78, 5) is 12.3. The topological polar surface area (TPSA) is 62.1 Å². The molecular weight excluding hydrogens is 443 g/mol. The zero-order valence-electron chi connectivity index (χ0n) is 15.5. The largest absolute Gasteiger partial charge is 0.489 e. The predicted molar refractivity (Wildman–Crippen MR) is 121 cm³/mol. The molecule has 30 heavy (non-hydrogen) atoms. The van der Waals surface area contributed by atoms with Crippen LogP contribution >= 0.6 is 34.8 Å². The van der Waals surface area contributed by atoms with Crippen molar-refractivity contribution >= 4 is 52.5 Å². The van der Waals surface area contributed by atoms with Crippen LogP contribution in [0.15, 0.2) is 72.3 Å². The van der Waals surface area contributed by atoms with Gasteiger partial charge in [0.1, 0.15) is 24.0 Å². The normalized spacial score (nSPS) is 10.9. The summed E-state index contributed by atoms with van der Waals surface area (Å²) in [6.45, 7) is 0.288. The summed E-state index contributed by atoms with van der Waals surface area (Å²) in [6.07, 6.45) is 1.50. The number of rotatable bonds is 6. The zero-order chi connectivity index (χ0) is 21.5. The van der Waals surface area contributed by atoms with Crippen molar-refractivity contribution in [2.24, 2.45) is 0 Å². The molecule has 0 heterocycles. The number of carbonyl (C=O) groups is 1. The Hall–Kier alpha value is -2.97. The minimum absolute atomic E-state index is 0.0309. The molecule has 3 aromatic carbocycles. The quantitative estimate of drug-likeness (QED) is 0.328. The molecule has 0 unspecified atom stereocenters. The van der Waals surface area contributed by atoms with E-state index >= 15 is 0 Å². The number of nitrogens with zero attached hydrogens (tertiary/aromatic N) is 1. The summed E-state index contributed by atoms with van der Waals surface area (Å²) < 4.78 is 5.73. The molecule has 0 spiro atoms. The maximum Gasteiger partial charge on any atom is 0.266 e. The van der Waals surface area contributed by atoms with Crippen LogP contribution < -0.4 is 10.1 Å². The molecule has 0 fully saturated rings. The van der Waals surface area contributed by atoms with Gasteiger partial charge < -0.3 is 10.1 Å². The summed E-state index contributed by atoms with van der Waals surface area (Å²) in [6, 6.07) is 20.8. The van der Waals surface area contributed by atoms with E-state index < -0.39 is 5.91 Å². The lowest BCUT2D eigenvalue weighted by molar-refractivity contribution is -0.112. The minimum Gasteiger partial charge on any atom is -0.489 e. The second-order valence-corrected chi connectivity index (χ2v) is 7.51. The first kappa shape index (κ1) is 21.7.